The number of carboxylic acid groups (broad SMARTS) is 1. The molecule has 0 heterocycles. The molecular formula is C15H19NO3. The molecule has 2 N–H and O–H groups in total. The third-order valence-corrected chi connectivity index (χ3v) is 3.81. The molecule has 1 aliphatic carbocycles. The number of carboxylic acids is 1. The predicted molar refractivity (Wildman–Crippen MR) is 71.7 cm³/mol. The third kappa shape index (κ3) is 2.62. The fraction of sp³-hybridized carbons (Fsp3) is 0.467. The lowest BCUT2D eigenvalue weighted by molar-refractivity contribution is -0.146. The molecular weight excluding hydrogens is 242 g/mol. The first kappa shape index (κ1) is 13.6. The minimum absolute atomic E-state index is 0.0794. The minimum atomic E-state index is -1.09. The molecule has 1 aliphatic rings. The Kier molecular flexibility index (Phi) is 3.60. The first-order valence-electron chi connectivity index (χ1n) is 6.52. The number of aryl methyl sites for hydroxylation is 1. The van der Waals surface area contributed by atoms with Gasteiger partial charge in [0.15, 0.2) is 0 Å². The minimum Gasteiger partial charge on any atom is -0.481 e. The van der Waals surface area contributed by atoms with Crippen molar-refractivity contribution in [2.24, 2.45) is 11.8 Å². The molecule has 4 heteroatoms. The highest BCUT2D eigenvalue weighted by molar-refractivity contribution is 5.96. The number of rotatable bonds is 3. The van der Waals surface area contributed by atoms with Gasteiger partial charge in [-0.3, -0.25) is 9.59 Å². The molecule has 0 aliphatic heterocycles. The lowest BCUT2D eigenvalue weighted by Gasteiger charge is -2.20. The molecule has 3 atom stereocenters. The normalized spacial score (nSPS) is 22.7. The van der Waals surface area contributed by atoms with Gasteiger partial charge >= 0.3 is 5.97 Å². The average Bonchev–Trinajstić information content (AvgIpc) is 2.65. The largest absolute Gasteiger partial charge is 0.481 e. The molecule has 0 fully saturated rings. The predicted octanol–water partition coefficient (Wildman–Crippen LogP) is 2.07. The molecule has 1 aromatic rings. The topological polar surface area (TPSA) is 66.4 Å². The zero-order valence-electron chi connectivity index (χ0n) is 11.4. The van der Waals surface area contributed by atoms with Gasteiger partial charge in [0.05, 0.1) is 6.04 Å². The molecule has 2 rings (SSSR count). The molecule has 0 saturated heterocycles. The van der Waals surface area contributed by atoms with Crippen LogP contribution in [0, 0.1) is 18.8 Å². The molecule has 102 valence electrons. The number of carbonyl (C=O) groups is 2. The first-order valence-corrected chi connectivity index (χ1v) is 6.52. The number of hydrogen-bond acceptors (Lipinski definition) is 2. The van der Waals surface area contributed by atoms with Gasteiger partial charge in [-0.05, 0) is 37.3 Å². The van der Waals surface area contributed by atoms with Crippen LogP contribution in [0.1, 0.15) is 36.6 Å². The highest BCUT2D eigenvalue weighted by atomic mass is 16.4. The van der Waals surface area contributed by atoms with Crippen LogP contribution in [0.5, 0.6) is 0 Å². The van der Waals surface area contributed by atoms with Crippen molar-refractivity contribution in [2.75, 3.05) is 0 Å². The SMILES string of the molecule is Cc1ccc2c(c1)C(NC(=O)C(C)C(=O)O)C(C)C2. The highest BCUT2D eigenvalue weighted by Gasteiger charge is 2.32. The maximum atomic E-state index is 11.9. The Morgan fingerprint density at radius 3 is 2.74 bits per heavy atom. The average molecular weight is 261 g/mol. The van der Waals surface area contributed by atoms with Gasteiger partial charge in [-0.15, -0.1) is 0 Å². The van der Waals surface area contributed by atoms with E-state index in [9.17, 15) is 9.59 Å². The van der Waals surface area contributed by atoms with Crippen molar-refractivity contribution in [3.05, 3.63) is 34.9 Å². The van der Waals surface area contributed by atoms with Crippen LogP contribution in [0.15, 0.2) is 18.2 Å². The van der Waals surface area contributed by atoms with Gasteiger partial charge in [0.25, 0.3) is 0 Å². The number of amides is 1. The highest BCUT2D eigenvalue weighted by Crippen LogP contribution is 2.36. The second kappa shape index (κ2) is 5.03. The van der Waals surface area contributed by atoms with Crippen molar-refractivity contribution in [3.8, 4) is 0 Å². The summed E-state index contributed by atoms with van der Waals surface area (Å²) in [5, 5.41) is 11.7. The van der Waals surface area contributed by atoms with Crippen LogP contribution in [0.25, 0.3) is 0 Å². The van der Waals surface area contributed by atoms with E-state index in [1.807, 2.05) is 6.92 Å². The van der Waals surface area contributed by atoms with E-state index >= 15 is 0 Å². The van der Waals surface area contributed by atoms with E-state index in [1.54, 1.807) is 0 Å². The third-order valence-electron chi connectivity index (χ3n) is 3.81. The van der Waals surface area contributed by atoms with Crippen molar-refractivity contribution < 1.29 is 14.7 Å². The summed E-state index contributed by atoms with van der Waals surface area (Å²) in [6.07, 6.45) is 0.919. The number of aliphatic carboxylic acids is 1. The van der Waals surface area contributed by atoms with E-state index in [-0.39, 0.29) is 6.04 Å². The summed E-state index contributed by atoms with van der Waals surface area (Å²) in [4.78, 5) is 22.7. The van der Waals surface area contributed by atoms with E-state index in [2.05, 4.69) is 30.4 Å². The molecule has 0 spiro atoms. The summed E-state index contributed by atoms with van der Waals surface area (Å²) in [6, 6.07) is 6.16. The quantitative estimate of drug-likeness (QED) is 0.818. The Morgan fingerprint density at radius 2 is 2.11 bits per heavy atom. The first-order chi connectivity index (χ1) is 8.90. The molecule has 0 aromatic heterocycles. The molecule has 3 unspecified atom stereocenters. The lowest BCUT2D eigenvalue weighted by atomic mass is 10.0. The maximum Gasteiger partial charge on any atom is 0.315 e. The van der Waals surface area contributed by atoms with Crippen LogP contribution in [-0.4, -0.2) is 17.0 Å². The number of hydrogen-bond donors (Lipinski definition) is 2. The summed E-state index contributed by atoms with van der Waals surface area (Å²) < 4.78 is 0. The van der Waals surface area contributed by atoms with Gasteiger partial charge in [0, 0.05) is 0 Å². The van der Waals surface area contributed by atoms with Crippen molar-refractivity contribution in [2.45, 2.75) is 33.2 Å². The summed E-state index contributed by atoms with van der Waals surface area (Å²) >= 11 is 0. The van der Waals surface area contributed by atoms with Crippen LogP contribution in [0.3, 0.4) is 0 Å². The smallest absolute Gasteiger partial charge is 0.315 e. The van der Waals surface area contributed by atoms with Crippen molar-refractivity contribution in [1.82, 2.24) is 5.32 Å². The maximum absolute atomic E-state index is 11.9. The van der Waals surface area contributed by atoms with Crippen molar-refractivity contribution in [3.63, 3.8) is 0 Å². The molecule has 1 aromatic carbocycles. The second-order valence-electron chi connectivity index (χ2n) is 5.43. The molecule has 0 bridgehead atoms. The van der Waals surface area contributed by atoms with Crippen LogP contribution >= 0.6 is 0 Å². The number of fused-ring (bicyclic) bond motifs is 1. The van der Waals surface area contributed by atoms with E-state index in [4.69, 9.17) is 5.11 Å². The fourth-order valence-corrected chi connectivity index (χ4v) is 2.57. The standard InChI is InChI=1S/C15H19NO3/c1-8-4-5-11-7-9(2)13(12(11)6-8)16-14(17)10(3)15(18)19/h4-6,9-10,13H,7H2,1-3H3,(H,16,17)(H,18,19). The molecule has 1 amide bonds. The monoisotopic (exact) mass is 261 g/mol. The van der Waals surface area contributed by atoms with E-state index in [0.29, 0.717) is 5.92 Å². The zero-order chi connectivity index (χ0) is 14.2. The fourth-order valence-electron chi connectivity index (χ4n) is 2.57. The van der Waals surface area contributed by atoms with Crippen LogP contribution < -0.4 is 5.32 Å². The zero-order valence-corrected chi connectivity index (χ0v) is 11.4. The van der Waals surface area contributed by atoms with E-state index in [0.717, 1.165) is 17.5 Å². The second-order valence-corrected chi connectivity index (χ2v) is 5.43. The number of nitrogens with one attached hydrogen (secondary N) is 1. The Balaban J connectivity index is 2.20. The number of carbonyl (C=O) groups excluding carboxylic acids is 1. The molecule has 0 radical (unpaired) electrons. The Labute approximate surface area is 112 Å². The van der Waals surface area contributed by atoms with E-state index < -0.39 is 17.8 Å². The van der Waals surface area contributed by atoms with Gasteiger partial charge in [-0.25, -0.2) is 0 Å². The van der Waals surface area contributed by atoms with E-state index in [1.165, 1.54) is 12.5 Å². The van der Waals surface area contributed by atoms with Gasteiger partial charge < -0.3 is 10.4 Å². The lowest BCUT2D eigenvalue weighted by Crippen LogP contribution is -2.37. The summed E-state index contributed by atoms with van der Waals surface area (Å²) in [5.41, 5.74) is 3.52. The Morgan fingerprint density at radius 1 is 1.42 bits per heavy atom. The van der Waals surface area contributed by atoms with Crippen molar-refractivity contribution in [1.29, 1.82) is 0 Å². The Bertz CT molecular complexity index is 524. The van der Waals surface area contributed by atoms with Crippen LogP contribution in [0.4, 0.5) is 0 Å². The summed E-state index contributed by atoms with van der Waals surface area (Å²) in [6.45, 7) is 5.50. The Hall–Kier alpha value is -1.84. The van der Waals surface area contributed by atoms with Crippen LogP contribution in [-0.2, 0) is 16.0 Å². The number of benzene rings is 1. The van der Waals surface area contributed by atoms with Gasteiger partial charge in [-0.1, -0.05) is 30.7 Å². The summed E-state index contributed by atoms with van der Waals surface area (Å²) in [7, 11) is 0. The van der Waals surface area contributed by atoms with Gasteiger partial charge in [-0.2, -0.15) is 0 Å². The van der Waals surface area contributed by atoms with Gasteiger partial charge in [0.2, 0.25) is 5.91 Å². The van der Waals surface area contributed by atoms with Gasteiger partial charge in [0.1, 0.15) is 5.92 Å². The van der Waals surface area contributed by atoms with Crippen LogP contribution in [0.2, 0.25) is 0 Å². The summed E-state index contributed by atoms with van der Waals surface area (Å²) in [5.74, 6) is -2.23. The molecule has 0 saturated carbocycles. The molecule has 19 heavy (non-hydrogen) atoms. The molecule has 4 nitrogen and oxygen atoms in total. The van der Waals surface area contributed by atoms with Crippen molar-refractivity contribution >= 4 is 11.9 Å².